The first kappa shape index (κ1) is 11.0. The summed E-state index contributed by atoms with van der Waals surface area (Å²) in [5.41, 5.74) is 3.64. The molecular formula is C16H16NO+. The third-order valence-electron chi connectivity index (χ3n) is 3.26. The van der Waals surface area contributed by atoms with Crippen LogP contribution in [0.1, 0.15) is 11.1 Å². The molecule has 1 heterocycles. The average Bonchev–Trinajstić information content (AvgIpc) is 2.58. The van der Waals surface area contributed by atoms with Gasteiger partial charge in [-0.3, -0.25) is 0 Å². The second-order valence-electron chi connectivity index (χ2n) is 4.48. The molecule has 0 spiro atoms. The van der Waals surface area contributed by atoms with Gasteiger partial charge in [0.25, 0.3) is 0 Å². The lowest BCUT2D eigenvalue weighted by molar-refractivity contribution is -0.496. The summed E-state index contributed by atoms with van der Waals surface area (Å²) in [4.78, 5) is 0. The van der Waals surface area contributed by atoms with Gasteiger partial charge in [0.2, 0.25) is 5.71 Å². The van der Waals surface area contributed by atoms with Gasteiger partial charge in [0.1, 0.15) is 19.4 Å². The van der Waals surface area contributed by atoms with Crippen LogP contribution in [0, 0.1) is 0 Å². The lowest BCUT2D eigenvalue weighted by Crippen LogP contribution is -2.20. The zero-order chi connectivity index (χ0) is 12.4. The lowest BCUT2D eigenvalue weighted by atomic mass is 10.0. The number of ether oxygens (including phenoxy) is 1. The number of fused-ring (bicyclic) bond motifs is 1. The molecule has 0 aliphatic carbocycles. The van der Waals surface area contributed by atoms with Crippen molar-refractivity contribution in [2.45, 2.75) is 0 Å². The molecule has 2 nitrogen and oxygen atoms in total. The minimum Gasteiger partial charge on any atom is -0.486 e. The van der Waals surface area contributed by atoms with Crippen LogP contribution in [0.2, 0.25) is 0 Å². The smallest absolute Gasteiger partial charge is 0.218 e. The molecule has 0 aromatic heterocycles. The summed E-state index contributed by atoms with van der Waals surface area (Å²) in [7, 11) is 2.12. The van der Waals surface area contributed by atoms with Crippen molar-refractivity contribution in [2.75, 3.05) is 20.2 Å². The SMILES string of the molecule is C[N+]1=C(c2ccccc2)c2ccccc2OCC1. The molecule has 2 aromatic carbocycles. The number of benzene rings is 2. The van der Waals surface area contributed by atoms with Gasteiger partial charge >= 0.3 is 0 Å². The summed E-state index contributed by atoms with van der Waals surface area (Å²) < 4.78 is 8.07. The van der Waals surface area contributed by atoms with Gasteiger partial charge in [-0.2, -0.15) is 0 Å². The van der Waals surface area contributed by atoms with E-state index >= 15 is 0 Å². The zero-order valence-corrected chi connectivity index (χ0v) is 10.5. The fourth-order valence-corrected chi connectivity index (χ4v) is 2.37. The first-order valence-electron chi connectivity index (χ1n) is 6.22. The van der Waals surface area contributed by atoms with Crippen LogP contribution < -0.4 is 4.74 Å². The van der Waals surface area contributed by atoms with E-state index in [-0.39, 0.29) is 0 Å². The molecule has 2 heteroatoms. The van der Waals surface area contributed by atoms with E-state index in [1.54, 1.807) is 0 Å². The van der Waals surface area contributed by atoms with Crippen LogP contribution in [0.3, 0.4) is 0 Å². The molecule has 1 aliphatic heterocycles. The standard InChI is InChI=1S/C16H16NO/c1-17-11-12-18-15-10-6-5-9-14(15)16(17)13-7-3-2-4-8-13/h2-10H,11-12H2,1H3/q+1. The minimum absolute atomic E-state index is 0.726. The van der Waals surface area contributed by atoms with Crippen LogP contribution in [0.15, 0.2) is 54.6 Å². The maximum atomic E-state index is 5.81. The van der Waals surface area contributed by atoms with E-state index in [1.807, 2.05) is 18.2 Å². The van der Waals surface area contributed by atoms with Gasteiger partial charge in [0.15, 0.2) is 6.54 Å². The fraction of sp³-hybridized carbons (Fsp3) is 0.188. The highest BCUT2D eigenvalue weighted by Crippen LogP contribution is 2.23. The van der Waals surface area contributed by atoms with Crippen LogP contribution in [-0.2, 0) is 0 Å². The number of hydrogen-bond acceptors (Lipinski definition) is 1. The summed E-state index contributed by atoms with van der Waals surface area (Å²) >= 11 is 0. The van der Waals surface area contributed by atoms with E-state index in [2.05, 4.69) is 48.0 Å². The molecule has 0 unspecified atom stereocenters. The fourth-order valence-electron chi connectivity index (χ4n) is 2.37. The number of para-hydroxylation sites is 1. The molecule has 0 saturated heterocycles. The average molecular weight is 238 g/mol. The van der Waals surface area contributed by atoms with Gasteiger partial charge in [-0.05, 0) is 24.3 Å². The molecule has 0 fully saturated rings. The summed E-state index contributed by atoms with van der Waals surface area (Å²) in [6, 6.07) is 18.7. The number of rotatable bonds is 1. The Labute approximate surface area is 107 Å². The summed E-state index contributed by atoms with van der Waals surface area (Å²) in [6.07, 6.45) is 0. The molecule has 1 aliphatic rings. The molecule has 3 rings (SSSR count). The summed E-state index contributed by atoms with van der Waals surface area (Å²) in [5, 5.41) is 0. The predicted octanol–water partition coefficient (Wildman–Crippen LogP) is 2.56. The normalized spacial score (nSPS) is 14.7. The monoisotopic (exact) mass is 238 g/mol. The Morgan fingerprint density at radius 3 is 2.50 bits per heavy atom. The number of hydrogen-bond donors (Lipinski definition) is 0. The second kappa shape index (κ2) is 4.65. The van der Waals surface area contributed by atoms with Gasteiger partial charge < -0.3 is 4.74 Å². The predicted molar refractivity (Wildman–Crippen MR) is 72.6 cm³/mol. The molecule has 0 saturated carbocycles. The van der Waals surface area contributed by atoms with Gasteiger partial charge in [-0.15, -0.1) is 0 Å². The van der Waals surface area contributed by atoms with Crippen LogP contribution in [-0.4, -0.2) is 30.5 Å². The van der Waals surface area contributed by atoms with Crippen molar-refractivity contribution in [1.82, 2.24) is 0 Å². The lowest BCUT2D eigenvalue weighted by Gasteiger charge is -2.06. The molecule has 0 bridgehead atoms. The Bertz CT molecular complexity index is 587. The first-order valence-corrected chi connectivity index (χ1v) is 6.22. The highest BCUT2D eigenvalue weighted by atomic mass is 16.5. The Morgan fingerprint density at radius 2 is 1.67 bits per heavy atom. The van der Waals surface area contributed by atoms with Gasteiger partial charge in [0.05, 0.1) is 5.56 Å². The van der Waals surface area contributed by atoms with Crippen LogP contribution in [0.4, 0.5) is 0 Å². The van der Waals surface area contributed by atoms with Gasteiger partial charge in [0, 0.05) is 5.56 Å². The highest BCUT2D eigenvalue weighted by Gasteiger charge is 2.23. The maximum absolute atomic E-state index is 5.81. The van der Waals surface area contributed by atoms with E-state index in [0.717, 1.165) is 18.9 Å². The molecule has 90 valence electrons. The molecule has 18 heavy (non-hydrogen) atoms. The van der Waals surface area contributed by atoms with Crippen molar-refractivity contribution < 1.29 is 9.31 Å². The van der Waals surface area contributed by atoms with E-state index < -0.39 is 0 Å². The van der Waals surface area contributed by atoms with Crippen LogP contribution in [0.5, 0.6) is 5.75 Å². The largest absolute Gasteiger partial charge is 0.486 e. The maximum Gasteiger partial charge on any atom is 0.218 e. The van der Waals surface area contributed by atoms with Crippen molar-refractivity contribution in [3.63, 3.8) is 0 Å². The third kappa shape index (κ3) is 1.90. The van der Waals surface area contributed by atoms with Crippen LogP contribution >= 0.6 is 0 Å². The van der Waals surface area contributed by atoms with E-state index in [1.165, 1.54) is 16.8 Å². The molecule has 0 atom stereocenters. The first-order chi connectivity index (χ1) is 8.86. The van der Waals surface area contributed by atoms with E-state index in [4.69, 9.17) is 4.74 Å². The molecule has 2 aromatic rings. The van der Waals surface area contributed by atoms with Crippen molar-refractivity contribution in [1.29, 1.82) is 0 Å². The third-order valence-corrected chi connectivity index (χ3v) is 3.26. The van der Waals surface area contributed by atoms with Gasteiger partial charge in [-0.1, -0.05) is 30.3 Å². The Morgan fingerprint density at radius 1 is 0.944 bits per heavy atom. The quantitative estimate of drug-likeness (QED) is 0.695. The summed E-state index contributed by atoms with van der Waals surface area (Å²) in [6.45, 7) is 1.63. The Hall–Kier alpha value is -2.09. The van der Waals surface area contributed by atoms with Crippen molar-refractivity contribution in [2.24, 2.45) is 0 Å². The molecule has 0 radical (unpaired) electrons. The Kier molecular flexibility index (Phi) is 2.85. The highest BCUT2D eigenvalue weighted by molar-refractivity contribution is 6.11. The minimum atomic E-state index is 0.726. The van der Waals surface area contributed by atoms with Crippen molar-refractivity contribution in [3.8, 4) is 5.75 Å². The Balaban J connectivity index is 2.22. The molecular weight excluding hydrogens is 222 g/mol. The van der Waals surface area contributed by atoms with E-state index in [9.17, 15) is 0 Å². The van der Waals surface area contributed by atoms with E-state index in [0.29, 0.717) is 0 Å². The second-order valence-corrected chi connectivity index (χ2v) is 4.48. The number of likely N-dealkylation sites (N-methyl/N-ethyl adjacent to an activating group) is 1. The zero-order valence-electron chi connectivity index (χ0n) is 10.5. The molecule has 0 N–H and O–H groups in total. The topological polar surface area (TPSA) is 12.2 Å². The van der Waals surface area contributed by atoms with Crippen molar-refractivity contribution >= 4 is 5.71 Å². The number of nitrogens with zero attached hydrogens (tertiary/aromatic N) is 1. The van der Waals surface area contributed by atoms with Crippen LogP contribution in [0.25, 0.3) is 0 Å². The summed E-state index contributed by atoms with van der Waals surface area (Å²) in [5.74, 6) is 0.973. The van der Waals surface area contributed by atoms with Gasteiger partial charge in [-0.25, -0.2) is 4.58 Å². The molecule has 0 amide bonds. The van der Waals surface area contributed by atoms with Crippen molar-refractivity contribution in [3.05, 3.63) is 65.7 Å².